The number of nitrogens with zero attached hydrogens (tertiary/aromatic N) is 4. The van der Waals surface area contributed by atoms with Crippen LogP contribution < -0.4 is 10.9 Å². The van der Waals surface area contributed by atoms with Crippen LogP contribution in [0, 0.1) is 12.3 Å². The molecule has 9 heteroatoms. The van der Waals surface area contributed by atoms with Crippen LogP contribution in [0.15, 0.2) is 10.9 Å². The van der Waals surface area contributed by atoms with Crippen LogP contribution in [-0.4, -0.2) is 61.2 Å². The van der Waals surface area contributed by atoms with Crippen molar-refractivity contribution in [2.45, 2.75) is 38.8 Å². The molecule has 2 fully saturated rings. The van der Waals surface area contributed by atoms with Crippen molar-refractivity contribution in [2.24, 2.45) is 5.41 Å². The highest BCUT2D eigenvalue weighted by atomic mass is 16.4. The first-order valence-corrected chi connectivity index (χ1v) is 8.62. The average Bonchev–Trinajstić information content (AvgIpc) is 2.95. The minimum absolute atomic E-state index is 0.0186. The third-order valence-corrected chi connectivity index (χ3v) is 5.40. The van der Waals surface area contributed by atoms with Crippen molar-refractivity contribution in [2.75, 3.05) is 19.6 Å². The third kappa shape index (κ3) is 2.73. The van der Waals surface area contributed by atoms with Crippen LogP contribution in [0.25, 0.3) is 5.78 Å². The van der Waals surface area contributed by atoms with Gasteiger partial charge in [-0.25, -0.2) is 4.98 Å². The highest BCUT2D eigenvalue weighted by Crippen LogP contribution is 2.38. The van der Waals surface area contributed by atoms with Crippen LogP contribution in [0.2, 0.25) is 0 Å². The van der Waals surface area contributed by atoms with Crippen LogP contribution in [0.5, 0.6) is 0 Å². The second-order valence-electron chi connectivity index (χ2n) is 7.10. The summed E-state index contributed by atoms with van der Waals surface area (Å²) in [5.74, 6) is 0.239. The lowest BCUT2D eigenvalue weighted by atomic mass is 9.70. The van der Waals surface area contributed by atoms with E-state index < -0.39 is 11.4 Å². The Morgan fingerprint density at radius 2 is 2.32 bits per heavy atom. The van der Waals surface area contributed by atoms with E-state index in [1.54, 1.807) is 6.92 Å². The van der Waals surface area contributed by atoms with E-state index in [2.05, 4.69) is 25.3 Å². The zero-order valence-electron chi connectivity index (χ0n) is 14.2. The molecule has 0 aliphatic carbocycles. The number of hydrogen-bond donors (Lipinski definition) is 3. The minimum Gasteiger partial charge on any atom is -0.481 e. The topological polar surface area (TPSA) is 116 Å². The van der Waals surface area contributed by atoms with Crippen molar-refractivity contribution in [1.29, 1.82) is 0 Å². The first kappa shape index (κ1) is 16.2. The van der Waals surface area contributed by atoms with Gasteiger partial charge in [0.1, 0.15) is 5.82 Å². The standard InChI is InChI=1S/C16H22N6O3/c1-10-18-15-19-11(7-13(23)22(15)20-10)8-21-6-3-12-16(9-21,14(24)25)4-2-5-17-12/h7,12,17H,2-6,8-9H2,1H3,(H,24,25)(H,18,19,20)/t12-,16+/m1/s1. The number of aromatic amines is 1. The number of hydrogen-bond acceptors (Lipinski definition) is 6. The molecule has 2 aromatic rings. The van der Waals surface area contributed by atoms with Gasteiger partial charge in [-0.2, -0.15) is 9.50 Å². The molecule has 3 N–H and O–H groups in total. The Kier molecular flexibility index (Phi) is 3.84. The second kappa shape index (κ2) is 5.92. The van der Waals surface area contributed by atoms with Gasteiger partial charge < -0.3 is 10.4 Å². The summed E-state index contributed by atoms with van der Waals surface area (Å²) in [5.41, 5.74) is -0.333. The number of carbonyl (C=O) groups is 1. The van der Waals surface area contributed by atoms with Crippen LogP contribution in [-0.2, 0) is 11.3 Å². The Hall–Kier alpha value is -2.26. The summed E-state index contributed by atoms with van der Waals surface area (Å²) in [7, 11) is 0. The summed E-state index contributed by atoms with van der Waals surface area (Å²) in [4.78, 5) is 34.9. The normalized spacial score (nSPS) is 27.3. The number of fused-ring (bicyclic) bond motifs is 2. The lowest BCUT2D eigenvalue weighted by Crippen LogP contribution is -2.62. The Bertz CT molecular complexity index is 874. The summed E-state index contributed by atoms with van der Waals surface area (Å²) in [6.07, 6.45) is 2.34. The number of nitrogens with one attached hydrogen (secondary N) is 2. The molecule has 2 atom stereocenters. The number of likely N-dealkylation sites (tertiary alicyclic amines) is 1. The average molecular weight is 346 g/mol. The molecule has 2 saturated heterocycles. The molecule has 2 aromatic heterocycles. The van der Waals surface area contributed by atoms with Crippen LogP contribution in [0.3, 0.4) is 0 Å². The van der Waals surface area contributed by atoms with Gasteiger partial charge in [0.2, 0.25) is 0 Å². The molecule has 0 unspecified atom stereocenters. The van der Waals surface area contributed by atoms with Gasteiger partial charge in [-0.15, -0.1) is 0 Å². The van der Waals surface area contributed by atoms with Gasteiger partial charge >= 0.3 is 5.97 Å². The van der Waals surface area contributed by atoms with Gasteiger partial charge in [-0.3, -0.25) is 19.6 Å². The van der Waals surface area contributed by atoms with Crippen LogP contribution >= 0.6 is 0 Å². The number of carboxylic acid groups (broad SMARTS) is 1. The zero-order valence-corrected chi connectivity index (χ0v) is 14.2. The number of rotatable bonds is 3. The zero-order chi connectivity index (χ0) is 17.6. The molecule has 9 nitrogen and oxygen atoms in total. The lowest BCUT2D eigenvalue weighted by molar-refractivity contribution is -0.157. The molecule has 2 aliphatic rings. The van der Waals surface area contributed by atoms with Crippen molar-refractivity contribution < 1.29 is 9.90 Å². The van der Waals surface area contributed by atoms with Crippen molar-refractivity contribution in [3.63, 3.8) is 0 Å². The molecule has 0 amide bonds. The van der Waals surface area contributed by atoms with E-state index in [0.29, 0.717) is 36.8 Å². The molecule has 2 aliphatic heterocycles. The van der Waals surface area contributed by atoms with E-state index in [9.17, 15) is 14.7 Å². The molecule has 0 spiro atoms. The van der Waals surface area contributed by atoms with E-state index >= 15 is 0 Å². The van der Waals surface area contributed by atoms with Gasteiger partial charge in [-0.05, 0) is 32.7 Å². The first-order valence-electron chi connectivity index (χ1n) is 8.62. The summed E-state index contributed by atoms with van der Waals surface area (Å²) in [5, 5.41) is 16.1. The number of piperidine rings is 2. The molecule has 0 bridgehead atoms. The highest BCUT2D eigenvalue weighted by molar-refractivity contribution is 5.76. The Balaban J connectivity index is 1.59. The van der Waals surface area contributed by atoms with Crippen LogP contribution in [0.1, 0.15) is 30.8 Å². The molecule has 0 radical (unpaired) electrons. The Morgan fingerprint density at radius 1 is 1.48 bits per heavy atom. The van der Waals surface area contributed by atoms with Gasteiger partial charge in [-0.1, -0.05) is 0 Å². The number of aliphatic carboxylic acids is 1. The predicted octanol–water partition coefficient (Wildman–Crippen LogP) is -0.245. The fraction of sp³-hybridized carbons (Fsp3) is 0.625. The predicted molar refractivity (Wildman–Crippen MR) is 89.3 cm³/mol. The molecule has 4 rings (SSSR count). The summed E-state index contributed by atoms with van der Waals surface area (Å²) in [6, 6.07) is 1.51. The summed E-state index contributed by atoms with van der Waals surface area (Å²) >= 11 is 0. The number of H-pyrrole nitrogens is 1. The summed E-state index contributed by atoms with van der Waals surface area (Å²) < 4.78 is 1.31. The second-order valence-corrected chi connectivity index (χ2v) is 7.10. The van der Waals surface area contributed by atoms with E-state index in [4.69, 9.17) is 0 Å². The van der Waals surface area contributed by atoms with Crippen molar-refractivity contribution in [3.8, 4) is 0 Å². The quantitative estimate of drug-likeness (QED) is 0.702. The van der Waals surface area contributed by atoms with E-state index in [1.165, 1.54) is 10.6 Å². The molecule has 134 valence electrons. The first-order chi connectivity index (χ1) is 12.0. The van der Waals surface area contributed by atoms with Gasteiger partial charge in [0.05, 0.1) is 11.1 Å². The molecule has 0 saturated carbocycles. The minimum atomic E-state index is -0.751. The Labute approximate surface area is 144 Å². The number of carboxylic acids is 1. The monoisotopic (exact) mass is 346 g/mol. The molecule has 0 aromatic carbocycles. The largest absolute Gasteiger partial charge is 0.481 e. The fourth-order valence-electron chi connectivity index (χ4n) is 4.21. The smallest absolute Gasteiger partial charge is 0.312 e. The van der Waals surface area contributed by atoms with Crippen molar-refractivity contribution in [1.82, 2.24) is 29.8 Å². The van der Waals surface area contributed by atoms with E-state index in [0.717, 1.165) is 25.9 Å². The van der Waals surface area contributed by atoms with Crippen LogP contribution in [0.4, 0.5) is 0 Å². The van der Waals surface area contributed by atoms with E-state index in [-0.39, 0.29) is 11.6 Å². The highest BCUT2D eigenvalue weighted by Gasteiger charge is 2.50. The number of aryl methyl sites for hydroxylation is 1. The maximum Gasteiger partial charge on any atom is 0.312 e. The van der Waals surface area contributed by atoms with Crippen molar-refractivity contribution in [3.05, 3.63) is 27.9 Å². The van der Waals surface area contributed by atoms with Crippen molar-refractivity contribution >= 4 is 11.7 Å². The summed E-state index contributed by atoms with van der Waals surface area (Å²) in [6.45, 7) is 4.37. The molecule has 25 heavy (non-hydrogen) atoms. The molecular formula is C16H22N6O3. The number of aromatic nitrogens is 4. The lowest BCUT2D eigenvalue weighted by Gasteiger charge is -2.48. The maximum atomic E-state index is 12.2. The maximum absolute atomic E-state index is 12.2. The van der Waals surface area contributed by atoms with Gasteiger partial charge in [0.25, 0.3) is 11.3 Å². The molecular weight excluding hydrogens is 324 g/mol. The fourth-order valence-corrected chi connectivity index (χ4v) is 4.21. The third-order valence-electron chi connectivity index (χ3n) is 5.40. The SMILES string of the molecule is Cc1nc2nc(CN3CC[C@H]4NCCC[C@]4(C(=O)O)C3)cc(=O)n2[nH]1. The van der Waals surface area contributed by atoms with Gasteiger partial charge in [0, 0.05) is 31.7 Å². The molecule has 4 heterocycles. The Morgan fingerprint density at radius 3 is 3.12 bits per heavy atom. The van der Waals surface area contributed by atoms with Gasteiger partial charge in [0.15, 0.2) is 0 Å². The van der Waals surface area contributed by atoms with E-state index in [1.807, 2.05) is 0 Å².